The van der Waals surface area contributed by atoms with Crippen molar-refractivity contribution in [1.29, 1.82) is 0 Å². The van der Waals surface area contributed by atoms with Crippen LogP contribution in [-0.2, 0) is 35.4 Å². The number of nitrogens with one attached hydrogen (secondary N) is 1. The Bertz CT molecular complexity index is 1280. The predicted molar refractivity (Wildman–Crippen MR) is 137 cm³/mol. The summed E-state index contributed by atoms with van der Waals surface area (Å²) in [5.74, 6) is -0.263. The summed E-state index contributed by atoms with van der Waals surface area (Å²) in [6.45, 7) is 3.80. The molecule has 1 aliphatic carbocycles. The molecule has 36 heavy (non-hydrogen) atoms. The fourth-order valence-corrected chi connectivity index (χ4v) is 4.58. The minimum atomic E-state index is -0.927. The quantitative estimate of drug-likeness (QED) is 0.171. The van der Waals surface area contributed by atoms with E-state index in [1.165, 1.54) is 0 Å². The van der Waals surface area contributed by atoms with Gasteiger partial charge in [-0.15, -0.1) is 0 Å². The molecule has 3 aromatic rings. The van der Waals surface area contributed by atoms with Crippen molar-refractivity contribution in [3.05, 3.63) is 75.1 Å². The summed E-state index contributed by atoms with van der Waals surface area (Å²) in [5, 5.41) is 3.44. The SMILES string of the molecule is CCCCCCc1cc2c3c(c(=O)oc2cc1OC(=O)C(C)NC(=O)OCc1ccccc1)CCC3. The molecular formula is C29H33NO6. The Morgan fingerprint density at radius 2 is 1.83 bits per heavy atom. The fourth-order valence-electron chi connectivity index (χ4n) is 4.58. The van der Waals surface area contributed by atoms with Crippen LogP contribution in [0.25, 0.3) is 11.0 Å². The van der Waals surface area contributed by atoms with Gasteiger partial charge in [0.15, 0.2) is 0 Å². The van der Waals surface area contributed by atoms with Crippen LogP contribution >= 0.6 is 0 Å². The summed E-state index contributed by atoms with van der Waals surface area (Å²) in [4.78, 5) is 37.5. The van der Waals surface area contributed by atoms with E-state index in [0.717, 1.165) is 79.0 Å². The van der Waals surface area contributed by atoms with Crippen LogP contribution in [0.5, 0.6) is 5.75 Å². The lowest BCUT2D eigenvalue weighted by Crippen LogP contribution is -2.41. The first kappa shape index (κ1) is 25.5. The third-order valence-electron chi connectivity index (χ3n) is 6.57. The van der Waals surface area contributed by atoms with Crippen LogP contribution in [0.2, 0.25) is 0 Å². The highest BCUT2D eigenvalue weighted by Gasteiger charge is 2.24. The number of alkyl carbamates (subject to hydrolysis) is 1. The van der Waals surface area contributed by atoms with Crippen molar-refractivity contribution in [2.24, 2.45) is 0 Å². The molecule has 0 radical (unpaired) electrons. The molecule has 1 heterocycles. The van der Waals surface area contributed by atoms with Gasteiger partial charge in [0.2, 0.25) is 0 Å². The number of carbonyl (C=O) groups is 2. The van der Waals surface area contributed by atoms with Gasteiger partial charge in [0.25, 0.3) is 0 Å². The molecule has 4 rings (SSSR count). The summed E-state index contributed by atoms with van der Waals surface area (Å²) in [6.07, 6.45) is 6.86. The predicted octanol–water partition coefficient (Wildman–Crippen LogP) is 5.62. The average molecular weight is 492 g/mol. The van der Waals surface area contributed by atoms with Gasteiger partial charge in [-0.05, 0) is 61.8 Å². The van der Waals surface area contributed by atoms with E-state index in [9.17, 15) is 14.4 Å². The number of carbonyl (C=O) groups excluding carboxylic acids is 2. The van der Waals surface area contributed by atoms with Crippen LogP contribution in [0.4, 0.5) is 4.79 Å². The monoisotopic (exact) mass is 491 g/mol. The number of unbranched alkanes of at least 4 members (excludes halogenated alkanes) is 3. The van der Waals surface area contributed by atoms with Gasteiger partial charge in [0.1, 0.15) is 24.0 Å². The molecule has 0 bridgehead atoms. The molecule has 1 N–H and O–H groups in total. The number of fused-ring (bicyclic) bond motifs is 3. The maximum absolute atomic E-state index is 12.9. The van der Waals surface area contributed by atoms with Crippen LogP contribution in [-0.4, -0.2) is 18.1 Å². The standard InChI is InChI=1S/C29H33NO6/c1-3-4-5-9-13-21-16-24-22-14-10-15-23(22)28(32)36-26(24)17-25(21)35-27(31)19(2)30-29(33)34-18-20-11-7-6-8-12-20/h6-8,11-12,16-17,19H,3-5,9-10,13-15,18H2,1-2H3,(H,30,33). The third kappa shape index (κ3) is 6.14. The molecule has 0 saturated carbocycles. The molecule has 0 aliphatic heterocycles. The van der Waals surface area contributed by atoms with Crippen LogP contribution in [0.1, 0.15) is 68.2 Å². The van der Waals surface area contributed by atoms with Crippen LogP contribution in [0, 0.1) is 0 Å². The number of hydrogen-bond donors (Lipinski definition) is 1. The van der Waals surface area contributed by atoms with Gasteiger partial charge in [0.05, 0.1) is 0 Å². The molecule has 1 aromatic heterocycles. The number of hydrogen-bond acceptors (Lipinski definition) is 6. The lowest BCUT2D eigenvalue weighted by Gasteiger charge is -2.16. The van der Waals surface area contributed by atoms with Crippen LogP contribution in [0.15, 0.2) is 51.7 Å². The number of rotatable bonds is 10. The van der Waals surface area contributed by atoms with E-state index in [2.05, 4.69) is 12.2 Å². The Hall–Kier alpha value is -3.61. The molecule has 1 amide bonds. The highest BCUT2D eigenvalue weighted by Crippen LogP contribution is 2.33. The van der Waals surface area contributed by atoms with E-state index in [-0.39, 0.29) is 12.2 Å². The van der Waals surface area contributed by atoms with Crippen molar-refractivity contribution in [2.75, 3.05) is 0 Å². The third-order valence-corrected chi connectivity index (χ3v) is 6.57. The number of benzene rings is 2. The van der Waals surface area contributed by atoms with Crippen molar-refractivity contribution >= 4 is 23.0 Å². The van der Waals surface area contributed by atoms with Gasteiger partial charge < -0.3 is 19.2 Å². The minimum Gasteiger partial charge on any atom is -0.445 e. The molecular weight excluding hydrogens is 458 g/mol. The van der Waals surface area contributed by atoms with Crippen molar-refractivity contribution < 1.29 is 23.5 Å². The summed E-state index contributed by atoms with van der Waals surface area (Å²) < 4.78 is 16.5. The molecule has 2 aromatic carbocycles. The van der Waals surface area contributed by atoms with E-state index in [0.29, 0.717) is 11.3 Å². The van der Waals surface area contributed by atoms with E-state index in [1.807, 2.05) is 36.4 Å². The summed E-state index contributed by atoms with van der Waals surface area (Å²) in [6, 6.07) is 12.0. The van der Waals surface area contributed by atoms with E-state index >= 15 is 0 Å². The Morgan fingerprint density at radius 3 is 2.61 bits per heavy atom. The molecule has 0 fully saturated rings. The molecule has 7 heteroatoms. The van der Waals surface area contributed by atoms with E-state index < -0.39 is 18.1 Å². The maximum Gasteiger partial charge on any atom is 0.408 e. The molecule has 1 unspecified atom stereocenters. The first-order valence-electron chi connectivity index (χ1n) is 12.8. The first-order valence-corrected chi connectivity index (χ1v) is 12.8. The Morgan fingerprint density at radius 1 is 1.06 bits per heavy atom. The first-order chi connectivity index (χ1) is 17.5. The van der Waals surface area contributed by atoms with Crippen molar-refractivity contribution in [3.63, 3.8) is 0 Å². The largest absolute Gasteiger partial charge is 0.445 e. The molecule has 0 spiro atoms. The molecule has 7 nitrogen and oxygen atoms in total. The Labute approximate surface area is 210 Å². The van der Waals surface area contributed by atoms with Crippen LogP contribution < -0.4 is 15.7 Å². The van der Waals surface area contributed by atoms with Crippen molar-refractivity contribution in [1.82, 2.24) is 5.32 Å². The average Bonchev–Trinajstić information content (AvgIpc) is 3.37. The minimum absolute atomic E-state index is 0.102. The second-order valence-corrected chi connectivity index (χ2v) is 9.32. The number of aryl methyl sites for hydroxylation is 2. The second-order valence-electron chi connectivity index (χ2n) is 9.32. The lowest BCUT2D eigenvalue weighted by atomic mass is 10.00. The van der Waals surface area contributed by atoms with Gasteiger partial charge in [-0.1, -0.05) is 56.5 Å². The highest BCUT2D eigenvalue weighted by atomic mass is 16.6. The van der Waals surface area contributed by atoms with Gasteiger partial charge in [-0.25, -0.2) is 14.4 Å². The zero-order valence-corrected chi connectivity index (χ0v) is 20.9. The smallest absolute Gasteiger partial charge is 0.408 e. The second kappa shape index (κ2) is 11.9. The molecule has 1 aliphatic rings. The van der Waals surface area contributed by atoms with Crippen molar-refractivity contribution in [2.45, 2.75) is 77.9 Å². The lowest BCUT2D eigenvalue weighted by molar-refractivity contribution is -0.136. The van der Waals surface area contributed by atoms with E-state index in [4.69, 9.17) is 13.9 Å². The molecule has 0 saturated heterocycles. The number of ether oxygens (including phenoxy) is 2. The fraction of sp³-hybridized carbons (Fsp3) is 0.414. The van der Waals surface area contributed by atoms with Gasteiger partial charge >= 0.3 is 17.7 Å². The topological polar surface area (TPSA) is 94.8 Å². The van der Waals surface area contributed by atoms with Crippen molar-refractivity contribution in [3.8, 4) is 5.75 Å². The normalized spacial score (nSPS) is 13.3. The van der Waals surface area contributed by atoms with Gasteiger partial charge in [-0.2, -0.15) is 0 Å². The van der Waals surface area contributed by atoms with Crippen LogP contribution in [0.3, 0.4) is 0 Å². The molecule has 190 valence electrons. The zero-order chi connectivity index (χ0) is 25.5. The molecule has 1 atom stereocenters. The maximum atomic E-state index is 12.9. The zero-order valence-electron chi connectivity index (χ0n) is 20.9. The summed E-state index contributed by atoms with van der Waals surface area (Å²) in [5.41, 5.74) is 3.65. The summed E-state index contributed by atoms with van der Waals surface area (Å²) >= 11 is 0. The summed E-state index contributed by atoms with van der Waals surface area (Å²) in [7, 11) is 0. The number of amides is 1. The van der Waals surface area contributed by atoms with Gasteiger partial charge in [0, 0.05) is 17.0 Å². The Kier molecular flexibility index (Phi) is 8.41. The number of esters is 1. The highest BCUT2D eigenvalue weighted by molar-refractivity contribution is 5.87. The van der Waals surface area contributed by atoms with Gasteiger partial charge in [-0.3, -0.25) is 0 Å². The van der Waals surface area contributed by atoms with E-state index in [1.54, 1.807) is 13.0 Å². The Balaban J connectivity index is 1.49.